The molecule has 0 spiro atoms. The number of hydrogen-bond acceptors (Lipinski definition) is 5. The number of aryl methyl sites for hydroxylation is 1. The maximum absolute atomic E-state index is 12.4. The van der Waals surface area contributed by atoms with Gasteiger partial charge in [-0.05, 0) is 45.9 Å². The van der Waals surface area contributed by atoms with Gasteiger partial charge in [0.05, 0.1) is 25.5 Å². The molecule has 0 saturated carbocycles. The lowest BCUT2D eigenvalue weighted by Crippen LogP contribution is -2.21. The predicted octanol–water partition coefficient (Wildman–Crippen LogP) is 3.50. The molecule has 0 bridgehead atoms. The molecule has 146 valence electrons. The summed E-state index contributed by atoms with van der Waals surface area (Å²) in [7, 11) is 3.03. The molecule has 0 aliphatic rings. The molecule has 27 heavy (non-hydrogen) atoms. The molecule has 0 atom stereocenters. The fourth-order valence-electron chi connectivity index (χ4n) is 3.09. The zero-order valence-electron chi connectivity index (χ0n) is 16.6. The second-order valence-electron chi connectivity index (χ2n) is 6.44. The third-order valence-corrected chi connectivity index (χ3v) is 4.24. The van der Waals surface area contributed by atoms with Gasteiger partial charge in [0.1, 0.15) is 11.5 Å². The average Bonchev–Trinajstić information content (AvgIpc) is 2.94. The van der Waals surface area contributed by atoms with Gasteiger partial charge >= 0.3 is 5.97 Å². The number of anilines is 1. The van der Waals surface area contributed by atoms with Gasteiger partial charge in [0.25, 0.3) is 5.91 Å². The molecule has 7 heteroatoms. The van der Waals surface area contributed by atoms with E-state index in [1.807, 2.05) is 27.7 Å². The molecule has 1 N–H and O–H groups in total. The van der Waals surface area contributed by atoms with Crippen molar-refractivity contribution >= 4 is 17.6 Å². The Morgan fingerprint density at radius 2 is 1.81 bits per heavy atom. The smallest absolute Gasteiger partial charge is 0.340 e. The van der Waals surface area contributed by atoms with Crippen LogP contribution in [0.1, 0.15) is 41.6 Å². The van der Waals surface area contributed by atoms with Crippen LogP contribution in [0.4, 0.5) is 5.69 Å². The summed E-state index contributed by atoms with van der Waals surface area (Å²) in [5.74, 6) is 0.0653. The van der Waals surface area contributed by atoms with E-state index >= 15 is 0 Å². The van der Waals surface area contributed by atoms with Crippen LogP contribution >= 0.6 is 0 Å². The zero-order valence-corrected chi connectivity index (χ0v) is 16.6. The first-order chi connectivity index (χ1) is 12.8. The van der Waals surface area contributed by atoms with Gasteiger partial charge in [-0.2, -0.15) is 0 Å². The molecule has 7 nitrogen and oxygen atoms in total. The van der Waals surface area contributed by atoms with E-state index in [2.05, 4.69) is 9.88 Å². The van der Waals surface area contributed by atoms with Gasteiger partial charge in [0, 0.05) is 23.5 Å². The third-order valence-electron chi connectivity index (χ3n) is 4.24. The van der Waals surface area contributed by atoms with Crippen molar-refractivity contribution in [3.8, 4) is 11.5 Å². The molecule has 1 amide bonds. The van der Waals surface area contributed by atoms with Crippen molar-refractivity contribution in [3.63, 3.8) is 0 Å². The summed E-state index contributed by atoms with van der Waals surface area (Å²) in [4.78, 5) is 24.6. The summed E-state index contributed by atoms with van der Waals surface area (Å²) < 4.78 is 17.6. The van der Waals surface area contributed by atoms with Crippen LogP contribution in [0.2, 0.25) is 0 Å². The summed E-state index contributed by atoms with van der Waals surface area (Å²) >= 11 is 0. The van der Waals surface area contributed by atoms with E-state index in [1.165, 1.54) is 14.2 Å². The molecule has 0 aliphatic carbocycles. The lowest BCUT2D eigenvalue weighted by Gasteiger charge is -2.14. The number of benzene rings is 1. The van der Waals surface area contributed by atoms with Gasteiger partial charge in [0.15, 0.2) is 6.61 Å². The number of esters is 1. The van der Waals surface area contributed by atoms with Crippen molar-refractivity contribution in [3.05, 3.63) is 41.2 Å². The van der Waals surface area contributed by atoms with Crippen LogP contribution in [-0.4, -0.2) is 37.3 Å². The van der Waals surface area contributed by atoms with Crippen LogP contribution in [0.25, 0.3) is 0 Å². The van der Waals surface area contributed by atoms with Crippen molar-refractivity contribution in [1.29, 1.82) is 0 Å². The van der Waals surface area contributed by atoms with Gasteiger partial charge in [-0.3, -0.25) is 4.79 Å². The Labute approximate surface area is 159 Å². The predicted molar refractivity (Wildman–Crippen MR) is 103 cm³/mol. The Hall–Kier alpha value is -2.96. The summed E-state index contributed by atoms with van der Waals surface area (Å²) in [5, 5.41) is 2.67. The monoisotopic (exact) mass is 374 g/mol. The van der Waals surface area contributed by atoms with Crippen molar-refractivity contribution in [1.82, 2.24) is 4.57 Å². The lowest BCUT2D eigenvalue weighted by molar-refractivity contribution is -0.119. The molecule has 1 heterocycles. The van der Waals surface area contributed by atoms with E-state index in [-0.39, 0.29) is 6.04 Å². The first-order valence-corrected chi connectivity index (χ1v) is 8.65. The Bertz CT molecular complexity index is 839. The van der Waals surface area contributed by atoms with Crippen LogP contribution in [0.3, 0.4) is 0 Å². The SMILES string of the molecule is COc1ccc(OC)c(NC(=O)COC(=O)c2cc(C)n(C(C)C)c2C)c1. The number of nitrogens with zero attached hydrogens (tertiary/aromatic N) is 1. The molecule has 0 radical (unpaired) electrons. The van der Waals surface area contributed by atoms with E-state index in [1.54, 1.807) is 24.3 Å². The van der Waals surface area contributed by atoms with Gasteiger partial charge in [-0.25, -0.2) is 4.79 Å². The highest BCUT2D eigenvalue weighted by atomic mass is 16.5. The number of aromatic nitrogens is 1. The maximum Gasteiger partial charge on any atom is 0.340 e. The van der Waals surface area contributed by atoms with Crippen LogP contribution in [0.15, 0.2) is 24.3 Å². The molecular formula is C20H26N2O5. The highest BCUT2D eigenvalue weighted by Gasteiger charge is 2.19. The number of amides is 1. The van der Waals surface area contributed by atoms with Gasteiger partial charge < -0.3 is 24.1 Å². The summed E-state index contributed by atoms with van der Waals surface area (Å²) in [6, 6.07) is 7.05. The number of carbonyl (C=O) groups excluding carboxylic acids is 2. The van der Waals surface area contributed by atoms with Gasteiger partial charge in [-0.1, -0.05) is 0 Å². The molecule has 2 aromatic rings. The van der Waals surface area contributed by atoms with Crippen LogP contribution < -0.4 is 14.8 Å². The molecule has 0 aliphatic heterocycles. The Balaban J connectivity index is 2.04. The van der Waals surface area contributed by atoms with E-state index in [0.717, 1.165) is 11.4 Å². The van der Waals surface area contributed by atoms with Crippen molar-refractivity contribution in [2.75, 3.05) is 26.1 Å². The fraction of sp³-hybridized carbons (Fsp3) is 0.400. The van der Waals surface area contributed by atoms with E-state index in [0.29, 0.717) is 22.7 Å². The average molecular weight is 374 g/mol. The van der Waals surface area contributed by atoms with Crippen molar-refractivity contribution in [2.45, 2.75) is 33.7 Å². The maximum atomic E-state index is 12.4. The number of carbonyl (C=O) groups is 2. The first-order valence-electron chi connectivity index (χ1n) is 8.65. The third kappa shape index (κ3) is 4.61. The standard InChI is InChI=1S/C20H26N2O5/c1-12(2)22-13(3)9-16(14(22)4)20(24)27-11-19(23)21-17-10-15(25-5)7-8-18(17)26-6/h7-10,12H,11H2,1-6H3,(H,21,23). The van der Waals surface area contributed by atoms with Crippen molar-refractivity contribution in [2.24, 2.45) is 0 Å². The van der Waals surface area contributed by atoms with E-state index < -0.39 is 18.5 Å². The second-order valence-corrected chi connectivity index (χ2v) is 6.44. The minimum atomic E-state index is -0.525. The first kappa shape index (κ1) is 20.4. The molecule has 1 aromatic heterocycles. The zero-order chi connectivity index (χ0) is 20.1. The quantitative estimate of drug-likeness (QED) is 0.751. The van der Waals surface area contributed by atoms with Crippen molar-refractivity contribution < 1.29 is 23.8 Å². The number of methoxy groups -OCH3 is 2. The normalized spacial score (nSPS) is 10.6. The number of nitrogens with one attached hydrogen (secondary N) is 1. The Morgan fingerprint density at radius 1 is 1.11 bits per heavy atom. The minimum Gasteiger partial charge on any atom is -0.497 e. The topological polar surface area (TPSA) is 78.8 Å². The molecule has 0 unspecified atom stereocenters. The molecule has 1 aromatic carbocycles. The Kier molecular flexibility index (Phi) is 6.50. The van der Waals surface area contributed by atoms with Gasteiger partial charge in [0.2, 0.25) is 0 Å². The Morgan fingerprint density at radius 3 is 2.37 bits per heavy atom. The lowest BCUT2D eigenvalue weighted by atomic mass is 10.2. The largest absolute Gasteiger partial charge is 0.497 e. The van der Waals surface area contributed by atoms with Crippen LogP contribution in [-0.2, 0) is 9.53 Å². The fourth-order valence-corrected chi connectivity index (χ4v) is 3.09. The number of ether oxygens (including phenoxy) is 3. The molecule has 0 saturated heterocycles. The molecular weight excluding hydrogens is 348 g/mol. The van der Waals surface area contributed by atoms with Gasteiger partial charge in [-0.15, -0.1) is 0 Å². The van der Waals surface area contributed by atoms with E-state index in [4.69, 9.17) is 14.2 Å². The molecule has 2 rings (SSSR count). The highest BCUT2D eigenvalue weighted by molar-refractivity contribution is 5.97. The van der Waals surface area contributed by atoms with Crippen LogP contribution in [0, 0.1) is 13.8 Å². The summed E-state index contributed by atoms with van der Waals surface area (Å²) in [6.07, 6.45) is 0. The summed E-state index contributed by atoms with van der Waals surface area (Å²) in [5.41, 5.74) is 2.70. The highest BCUT2D eigenvalue weighted by Crippen LogP contribution is 2.28. The van der Waals surface area contributed by atoms with Crippen LogP contribution in [0.5, 0.6) is 11.5 Å². The summed E-state index contributed by atoms with van der Waals surface area (Å²) in [6.45, 7) is 7.50. The second kappa shape index (κ2) is 8.62. The van der Waals surface area contributed by atoms with E-state index in [9.17, 15) is 9.59 Å². The molecule has 0 fully saturated rings. The number of hydrogen-bond donors (Lipinski definition) is 1. The minimum absolute atomic E-state index is 0.232. The number of rotatable bonds is 7.